The fourth-order valence-electron chi connectivity index (χ4n) is 2.57. The summed E-state index contributed by atoms with van der Waals surface area (Å²) in [6.07, 6.45) is 0.748. The van der Waals surface area contributed by atoms with Crippen molar-refractivity contribution in [3.05, 3.63) is 71.5 Å². The Morgan fingerprint density at radius 2 is 1.75 bits per heavy atom. The van der Waals surface area contributed by atoms with E-state index in [2.05, 4.69) is 15.6 Å². The number of rotatable bonds is 8. The second-order valence-electron chi connectivity index (χ2n) is 6.19. The number of hydrogen-bond acceptors (Lipinski definition) is 2. The lowest BCUT2D eigenvalue weighted by molar-refractivity contribution is 0.0953. The Balaban J connectivity index is 0.00000392. The molecule has 0 saturated carbocycles. The maximum absolute atomic E-state index is 13.0. The zero-order valence-corrected chi connectivity index (χ0v) is 18.7. The van der Waals surface area contributed by atoms with Crippen LogP contribution in [0.4, 0.5) is 4.39 Å². The number of nitrogens with zero attached hydrogens (tertiary/aromatic N) is 2. The zero-order chi connectivity index (χ0) is 19.5. The lowest BCUT2D eigenvalue weighted by atomic mass is 10.2. The highest BCUT2D eigenvalue weighted by Crippen LogP contribution is 2.06. The molecule has 0 heterocycles. The fourth-order valence-corrected chi connectivity index (χ4v) is 2.57. The van der Waals surface area contributed by atoms with Crippen molar-refractivity contribution in [1.29, 1.82) is 0 Å². The average molecular weight is 498 g/mol. The molecule has 1 amide bonds. The quantitative estimate of drug-likeness (QED) is 0.253. The van der Waals surface area contributed by atoms with E-state index in [0.29, 0.717) is 25.2 Å². The van der Waals surface area contributed by atoms with Gasteiger partial charge in [-0.15, -0.1) is 24.0 Å². The first-order valence-corrected chi connectivity index (χ1v) is 9.17. The van der Waals surface area contributed by atoms with Crippen molar-refractivity contribution in [2.45, 2.75) is 19.9 Å². The van der Waals surface area contributed by atoms with Gasteiger partial charge in [0.25, 0.3) is 5.91 Å². The molecule has 0 bridgehead atoms. The molecule has 0 atom stereocenters. The first-order chi connectivity index (χ1) is 13.1. The smallest absolute Gasteiger partial charge is 0.251 e. The van der Waals surface area contributed by atoms with Crippen LogP contribution >= 0.6 is 24.0 Å². The summed E-state index contributed by atoms with van der Waals surface area (Å²) in [5.41, 5.74) is 1.67. The maximum atomic E-state index is 13.0. The van der Waals surface area contributed by atoms with Crippen LogP contribution in [0.5, 0.6) is 0 Å². The summed E-state index contributed by atoms with van der Waals surface area (Å²) in [7, 11) is 1.95. The molecule has 2 N–H and O–H groups in total. The Hall–Kier alpha value is -2.16. The lowest BCUT2D eigenvalue weighted by Gasteiger charge is -2.22. The van der Waals surface area contributed by atoms with E-state index in [1.165, 1.54) is 12.1 Å². The number of aliphatic imine (C=N–C) groups is 1. The largest absolute Gasteiger partial charge is 0.357 e. The number of halogens is 2. The van der Waals surface area contributed by atoms with Crippen LogP contribution in [0.1, 0.15) is 29.3 Å². The SMILES string of the molecule is CCNC(=NCCCNC(=O)c1ccccc1)N(C)Cc1ccc(F)cc1.I. The second kappa shape index (κ2) is 13.1. The van der Waals surface area contributed by atoms with Crippen molar-refractivity contribution < 1.29 is 9.18 Å². The van der Waals surface area contributed by atoms with Crippen LogP contribution < -0.4 is 10.6 Å². The van der Waals surface area contributed by atoms with Gasteiger partial charge in [-0.1, -0.05) is 30.3 Å². The van der Waals surface area contributed by atoms with Gasteiger partial charge in [-0.05, 0) is 43.2 Å². The van der Waals surface area contributed by atoms with E-state index in [0.717, 1.165) is 24.5 Å². The Kier molecular flexibility index (Phi) is 11.2. The zero-order valence-electron chi connectivity index (χ0n) is 16.3. The van der Waals surface area contributed by atoms with Crippen LogP contribution in [0.3, 0.4) is 0 Å². The lowest BCUT2D eigenvalue weighted by Crippen LogP contribution is -2.38. The standard InChI is InChI=1S/C21H27FN4O.HI/c1-3-23-21(26(2)16-17-10-12-19(22)13-11-17)25-15-7-14-24-20(27)18-8-5-4-6-9-18;/h4-6,8-13H,3,7,14-16H2,1-2H3,(H,23,25)(H,24,27);1H. The van der Waals surface area contributed by atoms with Gasteiger partial charge in [0, 0.05) is 38.8 Å². The summed E-state index contributed by atoms with van der Waals surface area (Å²) in [5.74, 6) is 0.482. The third kappa shape index (κ3) is 8.24. The van der Waals surface area contributed by atoms with Gasteiger partial charge in [-0.2, -0.15) is 0 Å². The summed E-state index contributed by atoms with van der Waals surface area (Å²) in [5, 5.41) is 6.16. The van der Waals surface area contributed by atoms with Gasteiger partial charge >= 0.3 is 0 Å². The number of nitrogens with one attached hydrogen (secondary N) is 2. The van der Waals surface area contributed by atoms with Crippen LogP contribution in [-0.2, 0) is 6.54 Å². The topological polar surface area (TPSA) is 56.7 Å². The highest BCUT2D eigenvalue weighted by molar-refractivity contribution is 14.0. The molecule has 7 heteroatoms. The highest BCUT2D eigenvalue weighted by Gasteiger charge is 2.07. The fraction of sp³-hybridized carbons (Fsp3) is 0.333. The molecule has 152 valence electrons. The Labute approximate surface area is 183 Å². The van der Waals surface area contributed by atoms with Crippen molar-refractivity contribution >= 4 is 35.8 Å². The number of benzene rings is 2. The maximum Gasteiger partial charge on any atom is 0.251 e. The minimum absolute atomic E-state index is 0. The van der Waals surface area contributed by atoms with Crippen LogP contribution in [0.15, 0.2) is 59.6 Å². The summed E-state index contributed by atoms with van der Waals surface area (Å²) >= 11 is 0. The molecule has 0 radical (unpaired) electrons. The molecule has 0 aromatic heterocycles. The van der Waals surface area contributed by atoms with Crippen LogP contribution in [0.25, 0.3) is 0 Å². The van der Waals surface area contributed by atoms with E-state index in [1.807, 2.05) is 37.1 Å². The molecule has 0 aliphatic rings. The summed E-state index contributed by atoms with van der Waals surface area (Å²) in [6.45, 7) is 4.58. The van der Waals surface area contributed by atoms with E-state index in [4.69, 9.17) is 0 Å². The predicted molar refractivity (Wildman–Crippen MR) is 123 cm³/mol. The summed E-state index contributed by atoms with van der Waals surface area (Å²) in [4.78, 5) is 18.6. The first kappa shape index (κ1) is 23.9. The number of guanidine groups is 1. The molecular weight excluding hydrogens is 470 g/mol. The molecule has 2 aromatic rings. The molecule has 0 saturated heterocycles. The molecular formula is C21H28FIN4O. The number of carbonyl (C=O) groups excluding carboxylic acids is 1. The monoisotopic (exact) mass is 498 g/mol. The Morgan fingerprint density at radius 3 is 2.39 bits per heavy atom. The third-order valence-corrected chi connectivity index (χ3v) is 3.95. The molecule has 5 nitrogen and oxygen atoms in total. The van der Waals surface area contributed by atoms with Gasteiger partial charge in [0.05, 0.1) is 0 Å². The van der Waals surface area contributed by atoms with Crippen molar-refractivity contribution in [3.63, 3.8) is 0 Å². The van der Waals surface area contributed by atoms with Gasteiger partial charge in [0.2, 0.25) is 0 Å². The van der Waals surface area contributed by atoms with Crippen molar-refractivity contribution in [2.75, 3.05) is 26.7 Å². The number of carbonyl (C=O) groups is 1. The molecule has 0 aliphatic carbocycles. The van der Waals surface area contributed by atoms with Crippen LogP contribution in [-0.4, -0.2) is 43.4 Å². The summed E-state index contributed by atoms with van der Waals surface area (Å²) in [6, 6.07) is 15.6. The van der Waals surface area contributed by atoms with Gasteiger partial charge in [0.1, 0.15) is 5.82 Å². The first-order valence-electron chi connectivity index (χ1n) is 9.17. The van der Waals surface area contributed by atoms with Crippen molar-refractivity contribution in [1.82, 2.24) is 15.5 Å². The average Bonchev–Trinajstić information content (AvgIpc) is 2.69. The molecule has 0 spiro atoms. The van der Waals surface area contributed by atoms with E-state index < -0.39 is 0 Å². The second-order valence-corrected chi connectivity index (χ2v) is 6.19. The minimum Gasteiger partial charge on any atom is -0.357 e. The number of hydrogen-bond donors (Lipinski definition) is 2. The van der Waals surface area contributed by atoms with E-state index in [1.54, 1.807) is 24.3 Å². The van der Waals surface area contributed by atoms with Gasteiger partial charge < -0.3 is 15.5 Å². The molecule has 28 heavy (non-hydrogen) atoms. The van der Waals surface area contributed by atoms with Crippen LogP contribution in [0.2, 0.25) is 0 Å². The van der Waals surface area contributed by atoms with E-state index in [9.17, 15) is 9.18 Å². The number of amides is 1. The predicted octanol–water partition coefficient (Wildman–Crippen LogP) is 3.66. The van der Waals surface area contributed by atoms with Crippen LogP contribution in [0, 0.1) is 5.82 Å². The van der Waals surface area contributed by atoms with E-state index in [-0.39, 0.29) is 35.7 Å². The van der Waals surface area contributed by atoms with Gasteiger partial charge in [-0.25, -0.2) is 4.39 Å². The van der Waals surface area contributed by atoms with Gasteiger partial charge in [-0.3, -0.25) is 9.79 Å². The molecule has 0 aliphatic heterocycles. The third-order valence-electron chi connectivity index (χ3n) is 3.95. The molecule has 0 fully saturated rings. The highest BCUT2D eigenvalue weighted by atomic mass is 127. The minimum atomic E-state index is -0.237. The Bertz CT molecular complexity index is 738. The van der Waals surface area contributed by atoms with E-state index >= 15 is 0 Å². The summed E-state index contributed by atoms with van der Waals surface area (Å²) < 4.78 is 13.0. The Morgan fingerprint density at radius 1 is 1.07 bits per heavy atom. The molecule has 0 unspecified atom stereocenters. The molecule has 2 rings (SSSR count). The molecule has 2 aromatic carbocycles. The van der Waals surface area contributed by atoms with Crippen molar-refractivity contribution in [3.8, 4) is 0 Å². The normalized spacial score (nSPS) is 10.8. The van der Waals surface area contributed by atoms with Crippen molar-refractivity contribution in [2.24, 2.45) is 4.99 Å². The van der Waals surface area contributed by atoms with Gasteiger partial charge in [0.15, 0.2) is 5.96 Å².